The van der Waals surface area contributed by atoms with Gasteiger partial charge in [0.15, 0.2) is 11.7 Å². The second-order valence-corrected chi connectivity index (χ2v) is 2.96. The van der Waals surface area contributed by atoms with Crippen LogP contribution in [0.2, 0.25) is 0 Å². The first-order chi connectivity index (χ1) is 7.22. The average Bonchev–Trinajstić information content (AvgIpc) is 2.30. The monoisotopic (exact) mass is 199 g/mol. The Kier molecular flexibility index (Phi) is 3.56. The zero-order valence-electron chi connectivity index (χ0n) is 7.97. The third-order valence-corrected chi connectivity index (χ3v) is 1.99. The maximum atomic E-state index is 11.5. The molecule has 0 atom stereocenters. The molecule has 0 unspecified atom stereocenters. The maximum Gasteiger partial charge on any atom is 0.195 e. The van der Waals surface area contributed by atoms with Crippen LogP contribution in [0.5, 0.6) is 0 Å². The highest BCUT2D eigenvalue weighted by Crippen LogP contribution is 2.09. The number of carbonyl (C=O) groups is 1. The SMILES string of the molecule is N#CC(C#N)C(=O)c1ccc(CN)cc1. The van der Waals surface area contributed by atoms with Crippen LogP contribution in [-0.4, -0.2) is 5.78 Å². The Morgan fingerprint density at radius 1 is 1.27 bits per heavy atom. The van der Waals surface area contributed by atoms with Gasteiger partial charge in [-0.3, -0.25) is 4.79 Å². The lowest BCUT2D eigenvalue weighted by Gasteiger charge is -2.01. The van der Waals surface area contributed by atoms with Gasteiger partial charge in [-0.25, -0.2) is 0 Å². The van der Waals surface area contributed by atoms with E-state index in [0.29, 0.717) is 12.1 Å². The number of Topliss-reactive ketones (excluding diaryl/α,β-unsaturated/α-hetero) is 1. The van der Waals surface area contributed by atoms with Crippen LogP contribution in [0.4, 0.5) is 0 Å². The fourth-order valence-corrected chi connectivity index (χ4v) is 1.12. The van der Waals surface area contributed by atoms with E-state index in [4.69, 9.17) is 16.3 Å². The Morgan fingerprint density at radius 2 is 1.80 bits per heavy atom. The molecule has 1 aromatic rings. The number of nitriles is 2. The lowest BCUT2D eigenvalue weighted by molar-refractivity contribution is 0.0971. The molecule has 0 bridgehead atoms. The second-order valence-electron chi connectivity index (χ2n) is 2.96. The van der Waals surface area contributed by atoms with Gasteiger partial charge in [0.1, 0.15) is 0 Å². The molecule has 74 valence electrons. The number of nitrogens with two attached hydrogens (primary N) is 1. The molecule has 15 heavy (non-hydrogen) atoms. The summed E-state index contributed by atoms with van der Waals surface area (Å²) in [6.45, 7) is 0.397. The number of ketones is 1. The topological polar surface area (TPSA) is 90.7 Å². The van der Waals surface area contributed by atoms with Crippen LogP contribution in [0.3, 0.4) is 0 Å². The maximum absolute atomic E-state index is 11.5. The van der Waals surface area contributed by atoms with Gasteiger partial charge in [-0.1, -0.05) is 24.3 Å². The van der Waals surface area contributed by atoms with Crippen molar-refractivity contribution in [3.05, 3.63) is 35.4 Å². The minimum atomic E-state index is -1.23. The van der Waals surface area contributed by atoms with E-state index in [1.807, 2.05) is 0 Å². The molecule has 0 amide bonds. The summed E-state index contributed by atoms with van der Waals surface area (Å²) in [6.07, 6.45) is 0. The number of hydrogen-bond donors (Lipinski definition) is 1. The van der Waals surface area contributed by atoms with Gasteiger partial charge in [0.25, 0.3) is 0 Å². The van der Waals surface area contributed by atoms with Gasteiger partial charge in [-0.2, -0.15) is 10.5 Å². The fourth-order valence-electron chi connectivity index (χ4n) is 1.12. The number of rotatable bonds is 3. The quantitative estimate of drug-likeness (QED) is 0.735. The zero-order valence-corrected chi connectivity index (χ0v) is 7.97. The van der Waals surface area contributed by atoms with E-state index in [-0.39, 0.29) is 0 Å². The number of carbonyl (C=O) groups excluding carboxylic acids is 1. The van der Waals surface area contributed by atoms with E-state index in [2.05, 4.69) is 0 Å². The van der Waals surface area contributed by atoms with Crippen LogP contribution >= 0.6 is 0 Å². The Labute approximate surface area is 87.5 Å². The van der Waals surface area contributed by atoms with Gasteiger partial charge in [-0.05, 0) is 5.56 Å². The summed E-state index contributed by atoms with van der Waals surface area (Å²) in [5, 5.41) is 17.1. The Balaban J connectivity index is 2.94. The average molecular weight is 199 g/mol. The molecular weight excluding hydrogens is 190 g/mol. The van der Waals surface area contributed by atoms with E-state index in [1.165, 1.54) is 0 Å². The predicted octanol–water partition coefficient (Wildman–Crippen LogP) is 0.991. The minimum Gasteiger partial charge on any atom is -0.326 e. The molecule has 0 aliphatic carbocycles. The summed E-state index contributed by atoms with van der Waals surface area (Å²) in [6, 6.07) is 9.85. The lowest BCUT2D eigenvalue weighted by Crippen LogP contribution is -2.10. The van der Waals surface area contributed by atoms with E-state index < -0.39 is 11.7 Å². The largest absolute Gasteiger partial charge is 0.326 e. The Morgan fingerprint density at radius 3 is 2.20 bits per heavy atom. The van der Waals surface area contributed by atoms with Gasteiger partial charge < -0.3 is 5.73 Å². The first kappa shape index (κ1) is 10.9. The molecule has 0 saturated heterocycles. The van der Waals surface area contributed by atoms with Crippen LogP contribution < -0.4 is 5.73 Å². The van der Waals surface area contributed by atoms with Gasteiger partial charge in [0.05, 0.1) is 12.1 Å². The summed E-state index contributed by atoms with van der Waals surface area (Å²) < 4.78 is 0. The summed E-state index contributed by atoms with van der Waals surface area (Å²) in [7, 11) is 0. The molecule has 4 nitrogen and oxygen atoms in total. The first-order valence-corrected chi connectivity index (χ1v) is 4.35. The summed E-state index contributed by atoms with van der Waals surface area (Å²) in [5.74, 6) is -1.70. The minimum absolute atomic E-state index is 0.361. The fraction of sp³-hybridized carbons (Fsp3) is 0.182. The van der Waals surface area contributed by atoms with Crippen molar-refractivity contribution in [3.63, 3.8) is 0 Å². The molecule has 0 aromatic heterocycles. The predicted molar refractivity (Wildman–Crippen MR) is 53.4 cm³/mol. The van der Waals surface area contributed by atoms with Gasteiger partial charge in [0.2, 0.25) is 0 Å². The molecule has 0 heterocycles. The van der Waals surface area contributed by atoms with E-state index in [1.54, 1.807) is 36.4 Å². The van der Waals surface area contributed by atoms with Crippen LogP contribution in [0, 0.1) is 28.6 Å². The van der Waals surface area contributed by atoms with Gasteiger partial charge >= 0.3 is 0 Å². The van der Waals surface area contributed by atoms with E-state index in [0.717, 1.165) is 5.56 Å². The highest BCUT2D eigenvalue weighted by molar-refractivity contribution is 6.00. The second kappa shape index (κ2) is 4.90. The van der Waals surface area contributed by atoms with Crippen molar-refractivity contribution < 1.29 is 4.79 Å². The van der Waals surface area contributed by atoms with E-state index >= 15 is 0 Å². The third kappa shape index (κ3) is 2.40. The zero-order chi connectivity index (χ0) is 11.3. The number of hydrogen-bond acceptors (Lipinski definition) is 4. The standard InChI is InChI=1S/C11H9N3O/c12-5-8-1-3-9(4-2-8)11(15)10(6-13)7-14/h1-4,10H,5,12H2. The van der Waals surface area contributed by atoms with Crippen LogP contribution in [0.1, 0.15) is 15.9 Å². The highest BCUT2D eigenvalue weighted by atomic mass is 16.1. The van der Waals surface area contributed by atoms with Crippen molar-refractivity contribution in [3.8, 4) is 12.1 Å². The van der Waals surface area contributed by atoms with Crippen molar-refractivity contribution in [2.24, 2.45) is 11.7 Å². The smallest absolute Gasteiger partial charge is 0.195 e. The van der Waals surface area contributed by atoms with Crippen LogP contribution in [0.25, 0.3) is 0 Å². The summed E-state index contributed by atoms with van der Waals surface area (Å²) in [4.78, 5) is 11.5. The molecule has 0 radical (unpaired) electrons. The molecule has 0 aliphatic rings. The van der Waals surface area contributed by atoms with E-state index in [9.17, 15) is 4.79 Å². The summed E-state index contributed by atoms with van der Waals surface area (Å²) >= 11 is 0. The molecule has 1 rings (SSSR count). The Hall–Kier alpha value is -2.17. The molecule has 0 fully saturated rings. The lowest BCUT2D eigenvalue weighted by atomic mass is 9.99. The van der Waals surface area contributed by atoms with Gasteiger partial charge in [0, 0.05) is 12.1 Å². The normalized spacial score (nSPS) is 9.33. The molecular formula is C11H9N3O. The Bertz CT molecular complexity index is 422. The van der Waals surface area contributed by atoms with Crippen molar-refractivity contribution in [2.45, 2.75) is 6.54 Å². The van der Waals surface area contributed by atoms with Crippen LogP contribution in [0.15, 0.2) is 24.3 Å². The number of benzene rings is 1. The van der Waals surface area contributed by atoms with Gasteiger partial charge in [-0.15, -0.1) is 0 Å². The van der Waals surface area contributed by atoms with Crippen molar-refractivity contribution in [2.75, 3.05) is 0 Å². The van der Waals surface area contributed by atoms with Crippen molar-refractivity contribution in [1.82, 2.24) is 0 Å². The summed E-state index contributed by atoms with van der Waals surface area (Å²) in [5.41, 5.74) is 6.66. The third-order valence-electron chi connectivity index (χ3n) is 1.99. The molecule has 0 saturated carbocycles. The van der Waals surface area contributed by atoms with Crippen molar-refractivity contribution >= 4 is 5.78 Å². The number of nitrogens with zero attached hydrogens (tertiary/aromatic N) is 2. The first-order valence-electron chi connectivity index (χ1n) is 4.35. The van der Waals surface area contributed by atoms with Crippen molar-refractivity contribution in [1.29, 1.82) is 10.5 Å². The molecule has 1 aromatic carbocycles. The molecule has 2 N–H and O–H groups in total. The molecule has 4 heteroatoms. The molecule has 0 aliphatic heterocycles. The highest BCUT2D eigenvalue weighted by Gasteiger charge is 2.18. The van der Waals surface area contributed by atoms with Crippen LogP contribution in [-0.2, 0) is 6.54 Å². The molecule has 0 spiro atoms.